The number of hydrogen-bond acceptors (Lipinski definition) is 4. The van der Waals surface area contributed by atoms with Crippen molar-refractivity contribution in [3.05, 3.63) is 0 Å². The number of hydrazone groups is 1. The van der Waals surface area contributed by atoms with Crippen LogP contribution in [0.15, 0.2) is 5.10 Å². The average molecular weight is 284 g/mol. The molecule has 0 aromatic carbocycles. The Morgan fingerprint density at radius 2 is 2.11 bits per heavy atom. The van der Waals surface area contributed by atoms with Crippen molar-refractivity contribution in [2.75, 3.05) is 11.5 Å². The standard InChI is InChI=1S/C13H20N2O3S/c1-13(7-8-19(17,18)9-13)15-12(16)10-5-3-2-4-6-11(10)14-15/h10H,2-9H2,1H3. The Morgan fingerprint density at radius 3 is 2.79 bits per heavy atom. The number of hydrogen-bond donors (Lipinski definition) is 0. The molecule has 1 saturated heterocycles. The number of fused-ring (bicyclic) bond motifs is 1. The second kappa shape index (κ2) is 4.30. The lowest BCUT2D eigenvalue weighted by Gasteiger charge is -2.31. The van der Waals surface area contributed by atoms with Gasteiger partial charge in [-0.25, -0.2) is 13.4 Å². The van der Waals surface area contributed by atoms with Crippen LogP contribution in [0.4, 0.5) is 0 Å². The molecule has 19 heavy (non-hydrogen) atoms. The van der Waals surface area contributed by atoms with Crippen LogP contribution in [0, 0.1) is 5.92 Å². The van der Waals surface area contributed by atoms with Gasteiger partial charge in [0.2, 0.25) is 0 Å². The fourth-order valence-electron chi connectivity index (χ4n) is 3.43. The topological polar surface area (TPSA) is 66.8 Å². The second-order valence-electron chi connectivity index (χ2n) is 6.23. The van der Waals surface area contributed by atoms with Crippen LogP contribution in [0.1, 0.15) is 45.4 Å². The number of carbonyl (C=O) groups excluding carboxylic acids is 1. The maximum atomic E-state index is 12.5. The van der Waals surface area contributed by atoms with Gasteiger partial charge in [-0.1, -0.05) is 12.8 Å². The van der Waals surface area contributed by atoms with Gasteiger partial charge < -0.3 is 0 Å². The van der Waals surface area contributed by atoms with E-state index in [0.717, 1.165) is 37.8 Å². The molecule has 0 spiro atoms. The number of rotatable bonds is 1. The van der Waals surface area contributed by atoms with Crippen LogP contribution in [0.3, 0.4) is 0 Å². The van der Waals surface area contributed by atoms with E-state index in [1.165, 1.54) is 5.01 Å². The van der Waals surface area contributed by atoms with Crippen molar-refractivity contribution in [3.63, 3.8) is 0 Å². The molecule has 2 atom stereocenters. The number of nitrogens with zero attached hydrogens (tertiary/aromatic N) is 2. The van der Waals surface area contributed by atoms with Gasteiger partial charge in [0.25, 0.3) is 5.91 Å². The van der Waals surface area contributed by atoms with Crippen molar-refractivity contribution >= 4 is 21.5 Å². The third kappa shape index (κ3) is 2.20. The molecular formula is C13H20N2O3S. The van der Waals surface area contributed by atoms with Gasteiger partial charge in [0.05, 0.1) is 28.7 Å². The fourth-order valence-corrected chi connectivity index (χ4v) is 5.54. The Labute approximate surface area is 114 Å². The molecule has 1 aliphatic carbocycles. The van der Waals surface area contributed by atoms with Crippen molar-refractivity contribution in [2.45, 2.75) is 51.0 Å². The molecule has 2 aliphatic heterocycles. The van der Waals surface area contributed by atoms with Crippen molar-refractivity contribution in [3.8, 4) is 0 Å². The van der Waals surface area contributed by atoms with Crippen LogP contribution in [0.5, 0.6) is 0 Å². The molecular weight excluding hydrogens is 264 g/mol. The summed E-state index contributed by atoms with van der Waals surface area (Å²) in [5, 5.41) is 6.01. The summed E-state index contributed by atoms with van der Waals surface area (Å²) < 4.78 is 23.4. The van der Waals surface area contributed by atoms with Crippen LogP contribution < -0.4 is 0 Å². The van der Waals surface area contributed by atoms with Crippen molar-refractivity contribution in [2.24, 2.45) is 11.0 Å². The molecule has 2 fully saturated rings. The minimum Gasteiger partial charge on any atom is -0.272 e. The smallest absolute Gasteiger partial charge is 0.252 e. The molecule has 1 saturated carbocycles. The summed E-state index contributed by atoms with van der Waals surface area (Å²) in [4.78, 5) is 12.5. The molecule has 0 bridgehead atoms. The fraction of sp³-hybridized carbons (Fsp3) is 0.846. The van der Waals surface area contributed by atoms with Gasteiger partial charge in [-0.3, -0.25) is 4.79 Å². The van der Waals surface area contributed by atoms with Crippen molar-refractivity contribution < 1.29 is 13.2 Å². The Kier molecular flexibility index (Phi) is 2.96. The summed E-state index contributed by atoms with van der Waals surface area (Å²) in [5.74, 6) is 0.164. The van der Waals surface area contributed by atoms with Gasteiger partial charge in [-0.05, 0) is 32.6 Å². The van der Waals surface area contributed by atoms with E-state index in [1.54, 1.807) is 0 Å². The molecule has 6 heteroatoms. The first kappa shape index (κ1) is 13.1. The molecule has 106 valence electrons. The lowest BCUT2D eigenvalue weighted by Crippen LogP contribution is -2.47. The maximum absolute atomic E-state index is 12.5. The highest BCUT2D eigenvalue weighted by molar-refractivity contribution is 7.91. The first-order valence-corrected chi connectivity index (χ1v) is 8.85. The van der Waals surface area contributed by atoms with E-state index in [-0.39, 0.29) is 23.3 Å². The summed E-state index contributed by atoms with van der Waals surface area (Å²) >= 11 is 0. The average Bonchev–Trinajstić information content (AvgIpc) is 2.70. The third-order valence-electron chi connectivity index (χ3n) is 4.56. The van der Waals surface area contributed by atoms with Crippen LogP contribution in [-0.2, 0) is 14.6 Å². The maximum Gasteiger partial charge on any atom is 0.252 e. The van der Waals surface area contributed by atoms with Crippen LogP contribution >= 0.6 is 0 Å². The zero-order valence-electron chi connectivity index (χ0n) is 11.3. The number of sulfone groups is 1. The van der Waals surface area contributed by atoms with Crippen molar-refractivity contribution in [1.29, 1.82) is 0 Å². The summed E-state index contributed by atoms with van der Waals surface area (Å²) in [6.07, 6.45) is 5.58. The van der Waals surface area contributed by atoms with E-state index in [1.807, 2.05) is 6.92 Å². The van der Waals surface area contributed by atoms with E-state index >= 15 is 0 Å². The highest BCUT2D eigenvalue weighted by atomic mass is 32.2. The minimum atomic E-state index is -3.02. The third-order valence-corrected chi connectivity index (χ3v) is 6.44. The monoisotopic (exact) mass is 284 g/mol. The molecule has 0 aromatic heterocycles. The van der Waals surface area contributed by atoms with Gasteiger partial charge in [0.15, 0.2) is 9.84 Å². The molecule has 2 unspecified atom stereocenters. The summed E-state index contributed by atoms with van der Waals surface area (Å²) in [6.45, 7) is 1.85. The molecule has 2 heterocycles. The second-order valence-corrected chi connectivity index (χ2v) is 8.42. The minimum absolute atomic E-state index is 0.0245. The number of carbonyl (C=O) groups is 1. The normalized spacial score (nSPS) is 37.9. The highest BCUT2D eigenvalue weighted by Crippen LogP contribution is 2.37. The van der Waals surface area contributed by atoms with Crippen LogP contribution in [0.25, 0.3) is 0 Å². The van der Waals surface area contributed by atoms with E-state index in [2.05, 4.69) is 5.10 Å². The molecule has 3 rings (SSSR count). The SMILES string of the molecule is CC1(N2N=C3CCCCCC3C2=O)CCS(=O)(=O)C1. The first-order valence-electron chi connectivity index (χ1n) is 7.03. The number of amides is 1. The molecule has 0 radical (unpaired) electrons. The van der Waals surface area contributed by atoms with E-state index in [4.69, 9.17) is 0 Å². The summed E-state index contributed by atoms with van der Waals surface area (Å²) in [5.41, 5.74) is 0.350. The van der Waals surface area contributed by atoms with Gasteiger partial charge in [-0.2, -0.15) is 5.10 Å². The predicted octanol–water partition coefficient (Wildman–Crippen LogP) is 1.34. The van der Waals surface area contributed by atoms with Gasteiger partial charge in [0.1, 0.15) is 0 Å². The van der Waals surface area contributed by atoms with E-state index < -0.39 is 15.4 Å². The predicted molar refractivity (Wildman–Crippen MR) is 72.5 cm³/mol. The van der Waals surface area contributed by atoms with Crippen LogP contribution in [-0.4, -0.2) is 42.1 Å². The zero-order valence-corrected chi connectivity index (χ0v) is 12.1. The van der Waals surface area contributed by atoms with E-state index in [9.17, 15) is 13.2 Å². The Morgan fingerprint density at radius 1 is 1.32 bits per heavy atom. The van der Waals surface area contributed by atoms with E-state index in [0.29, 0.717) is 6.42 Å². The largest absolute Gasteiger partial charge is 0.272 e. The summed E-state index contributed by atoms with van der Waals surface area (Å²) in [6, 6.07) is 0. The van der Waals surface area contributed by atoms with Gasteiger partial charge >= 0.3 is 0 Å². The first-order chi connectivity index (χ1) is 8.91. The lowest BCUT2D eigenvalue weighted by molar-refractivity contribution is -0.136. The molecule has 3 aliphatic rings. The molecule has 1 amide bonds. The molecule has 5 nitrogen and oxygen atoms in total. The summed E-state index contributed by atoms with van der Waals surface area (Å²) in [7, 11) is -3.02. The Hall–Kier alpha value is -0.910. The van der Waals surface area contributed by atoms with Crippen LogP contribution in [0.2, 0.25) is 0 Å². The van der Waals surface area contributed by atoms with Crippen molar-refractivity contribution in [1.82, 2.24) is 5.01 Å². The Bertz CT molecular complexity index is 540. The quantitative estimate of drug-likeness (QED) is 0.730. The zero-order chi connectivity index (χ0) is 13.7. The molecule has 0 N–H and O–H groups in total. The lowest BCUT2D eigenvalue weighted by atomic mass is 9.95. The highest BCUT2D eigenvalue weighted by Gasteiger charge is 2.50. The molecule has 0 aromatic rings. The van der Waals surface area contributed by atoms with Gasteiger partial charge in [-0.15, -0.1) is 0 Å². The van der Waals surface area contributed by atoms with Gasteiger partial charge in [0, 0.05) is 0 Å². The Balaban J connectivity index is 1.89.